The minimum Gasteiger partial charge on any atom is -0.205 e. The van der Waals surface area contributed by atoms with E-state index in [-0.39, 0.29) is 5.56 Å². The quantitative estimate of drug-likeness (QED) is 0.523. The highest BCUT2D eigenvalue weighted by Gasteiger charge is 2.22. The molecule has 1 aromatic carbocycles. The van der Waals surface area contributed by atoms with Crippen molar-refractivity contribution >= 4 is 0 Å². The van der Waals surface area contributed by atoms with Crippen molar-refractivity contribution in [3.63, 3.8) is 0 Å². The normalized spacial score (nSPS) is 23.2. The first-order valence-electron chi connectivity index (χ1n) is 8.08. The molecule has 112 valence electrons. The van der Waals surface area contributed by atoms with Crippen LogP contribution in [0.15, 0.2) is 24.3 Å². The third kappa shape index (κ3) is 4.29. The lowest BCUT2D eigenvalue weighted by Crippen LogP contribution is -2.13. The van der Waals surface area contributed by atoms with Crippen LogP contribution < -0.4 is 0 Å². The Labute approximate surface area is 121 Å². The number of alkyl halides is 2. The molecule has 1 aromatic rings. The van der Waals surface area contributed by atoms with Crippen LogP contribution in [0.4, 0.5) is 8.78 Å². The minimum absolute atomic E-state index is 0.141. The second-order valence-electron chi connectivity index (χ2n) is 6.18. The van der Waals surface area contributed by atoms with E-state index in [4.69, 9.17) is 0 Å². The molecule has 0 spiro atoms. The first-order chi connectivity index (χ1) is 9.70. The lowest BCUT2D eigenvalue weighted by Gasteiger charge is -2.29. The Morgan fingerprint density at radius 1 is 1.00 bits per heavy atom. The maximum atomic E-state index is 12.5. The molecule has 2 heteroatoms. The molecule has 0 atom stereocenters. The first kappa shape index (κ1) is 15.5. The Hall–Kier alpha value is -0.920. The first-order valence-corrected chi connectivity index (χ1v) is 8.08. The summed E-state index contributed by atoms with van der Waals surface area (Å²) in [4.78, 5) is 0. The van der Waals surface area contributed by atoms with Crippen LogP contribution in [0, 0.1) is 5.92 Å². The van der Waals surface area contributed by atoms with Crippen molar-refractivity contribution in [2.75, 3.05) is 0 Å². The summed E-state index contributed by atoms with van der Waals surface area (Å²) < 4.78 is 25.1. The van der Waals surface area contributed by atoms with Crippen molar-refractivity contribution < 1.29 is 8.78 Å². The van der Waals surface area contributed by atoms with Crippen LogP contribution in [-0.4, -0.2) is 0 Å². The lowest BCUT2D eigenvalue weighted by molar-refractivity contribution is 0.151. The Morgan fingerprint density at radius 2 is 1.65 bits per heavy atom. The predicted octanol–water partition coefficient (Wildman–Crippen LogP) is 6.48. The Morgan fingerprint density at radius 3 is 2.20 bits per heavy atom. The van der Waals surface area contributed by atoms with Gasteiger partial charge in [-0.25, -0.2) is 8.78 Å². The molecule has 0 nitrogen and oxygen atoms in total. The zero-order chi connectivity index (χ0) is 14.4. The molecule has 0 heterocycles. The average molecular weight is 280 g/mol. The number of rotatable bonds is 6. The summed E-state index contributed by atoms with van der Waals surface area (Å²) in [6, 6.07) is 6.99. The Balaban J connectivity index is 1.81. The molecule has 2 rings (SSSR count). The molecule has 1 aliphatic rings. The second kappa shape index (κ2) is 7.75. The van der Waals surface area contributed by atoms with Crippen molar-refractivity contribution in [2.45, 2.75) is 70.6 Å². The van der Waals surface area contributed by atoms with Gasteiger partial charge in [-0.1, -0.05) is 56.9 Å². The molecule has 0 amide bonds. The van der Waals surface area contributed by atoms with Gasteiger partial charge in [0.25, 0.3) is 6.43 Å². The highest BCUT2D eigenvalue weighted by atomic mass is 19.3. The Bertz CT molecular complexity index is 375. The van der Waals surface area contributed by atoms with Gasteiger partial charge in [0.05, 0.1) is 0 Å². The standard InChI is InChI=1S/C18H26F2/c1-2-3-4-5-14-6-8-15(9-7-14)16-10-12-17(13-11-16)18(19)20/h10-15,18H,2-9H2,1H3/t14-,15-. The van der Waals surface area contributed by atoms with Crippen molar-refractivity contribution in [1.29, 1.82) is 0 Å². The van der Waals surface area contributed by atoms with Gasteiger partial charge >= 0.3 is 0 Å². The summed E-state index contributed by atoms with van der Waals surface area (Å²) in [5, 5.41) is 0. The molecule has 0 aromatic heterocycles. The largest absolute Gasteiger partial charge is 0.263 e. The summed E-state index contributed by atoms with van der Waals surface area (Å²) in [5.74, 6) is 1.49. The maximum Gasteiger partial charge on any atom is 0.263 e. The molecule has 1 fully saturated rings. The molecular formula is C18H26F2. The van der Waals surface area contributed by atoms with Gasteiger partial charge in [0.2, 0.25) is 0 Å². The summed E-state index contributed by atoms with van der Waals surface area (Å²) in [5.41, 5.74) is 1.39. The summed E-state index contributed by atoms with van der Waals surface area (Å²) in [6.07, 6.45) is 8.13. The van der Waals surface area contributed by atoms with Gasteiger partial charge in [-0.15, -0.1) is 0 Å². The lowest BCUT2D eigenvalue weighted by atomic mass is 9.77. The maximum absolute atomic E-state index is 12.5. The fourth-order valence-electron chi connectivity index (χ4n) is 3.38. The zero-order valence-electron chi connectivity index (χ0n) is 12.5. The molecule has 0 saturated heterocycles. The van der Waals surface area contributed by atoms with E-state index in [0.29, 0.717) is 5.92 Å². The smallest absolute Gasteiger partial charge is 0.205 e. The van der Waals surface area contributed by atoms with Crippen LogP contribution in [-0.2, 0) is 0 Å². The number of unbranched alkanes of at least 4 members (excludes halogenated alkanes) is 2. The van der Waals surface area contributed by atoms with E-state index in [1.54, 1.807) is 12.1 Å². The molecule has 0 N–H and O–H groups in total. The van der Waals surface area contributed by atoms with E-state index in [1.807, 2.05) is 12.1 Å². The van der Waals surface area contributed by atoms with Gasteiger partial charge in [-0.3, -0.25) is 0 Å². The monoisotopic (exact) mass is 280 g/mol. The highest BCUT2D eigenvalue weighted by Crippen LogP contribution is 2.38. The third-order valence-corrected chi connectivity index (χ3v) is 4.72. The van der Waals surface area contributed by atoms with Gasteiger partial charge in [-0.05, 0) is 43.1 Å². The molecular weight excluding hydrogens is 254 g/mol. The van der Waals surface area contributed by atoms with E-state index < -0.39 is 6.43 Å². The van der Waals surface area contributed by atoms with Gasteiger partial charge < -0.3 is 0 Å². The highest BCUT2D eigenvalue weighted by molar-refractivity contribution is 5.26. The van der Waals surface area contributed by atoms with E-state index in [0.717, 1.165) is 5.92 Å². The summed E-state index contributed by atoms with van der Waals surface area (Å²) >= 11 is 0. The topological polar surface area (TPSA) is 0 Å². The number of hydrogen-bond donors (Lipinski definition) is 0. The van der Waals surface area contributed by atoms with Crippen LogP contribution in [0.25, 0.3) is 0 Å². The fourth-order valence-corrected chi connectivity index (χ4v) is 3.38. The fraction of sp³-hybridized carbons (Fsp3) is 0.667. The molecule has 0 unspecified atom stereocenters. The van der Waals surface area contributed by atoms with E-state index in [2.05, 4.69) is 6.92 Å². The predicted molar refractivity (Wildman–Crippen MR) is 80.2 cm³/mol. The molecule has 1 aliphatic carbocycles. The SMILES string of the molecule is CCCCC[C@H]1CC[C@H](c2ccc(C(F)F)cc2)CC1. The molecule has 0 bridgehead atoms. The number of hydrogen-bond acceptors (Lipinski definition) is 0. The van der Waals surface area contributed by atoms with E-state index >= 15 is 0 Å². The average Bonchev–Trinajstić information content (AvgIpc) is 2.48. The number of benzene rings is 1. The van der Waals surface area contributed by atoms with Crippen LogP contribution in [0.3, 0.4) is 0 Å². The molecule has 1 saturated carbocycles. The van der Waals surface area contributed by atoms with Crippen LogP contribution >= 0.6 is 0 Å². The molecule has 0 radical (unpaired) electrons. The van der Waals surface area contributed by atoms with Gasteiger partial charge in [0, 0.05) is 5.56 Å². The summed E-state index contributed by atoms with van der Waals surface area (Å²) in [6.45, 7) is 2.25. The van der Waals surface area contributed by atoms with Gasteiger partial charge in [0.15, 0.2) is 0 Å². The van der Waals surface area contributed by atoms with Crippen molar-refractivity contribution in [2.24, 2.45) is 5.92 Å². The second-order valence-corrected chi connectivity index (χ2v) is 6.18. The van der Waals surface area contributed by atoms with Crippen LogP contribution in [0.2, 0.25) is 0 Å². The van der Waals surface area contributed by atoms with E-state index in [1.165, 1.54) is 56.9 Å². The minimum atomic E-state index is -2.35. The van der Waals surface area contributed by atoms with Gasteiger partial charge in [-0.2, -0.15) is 0 Å². The van der Waals surface area contributed by atoms with Crippen molar-refractivity contribution in [1.82, 2.24) is 0 Å². The number of halogens is 2. The van der Waals surface area contributed by atoms with Crippen LogP contribution in [0.5, 0.6) is 0 Å². The molecule has 0 aliphatic heterocycles. The third-order valence-electron chi connectivity index (χ3n) is 4.72. The Kier molecular flexibility index (Phi) is 6.00. The zero-order valence-corrected chi connectivity index (χ0v) is 12.5. The summed E-state index contributed by atoms with van der Waals surface area (Å²) in [7, 11) is 0. The van der Waals surface area contributed by atoms with E-state index in [9.17, 15) is 8.78 Å². The van der Waals surface area contributed by atoms with Crippen molar-refractivity contribution in [3.8, 4) is 0 Å². The molecule has 20 heavy (non-hydrogen) atoms. The van der Waals surface area contributed by atoms with Crippen molar-refractivity contribution in [3.05, 3.63) is 35.4 Å². The van der Waals surface area contributed by atoms with Crippen LogP contribution in [0.1, 0.15) is 81.8 Å². The van der Waals surface area contributed by atoms with Gasteiger partial charge in [0.1, 0.15) is 0 Å².